The van der Waals surface area contributed by atoms with Crippen LogP contribution in [0.4, 0.5) is 9.52 Å². The summed E-state index contributed by atoms with van der Waals surface area (Å²) in [6, 6.07) is 7.70. The van der Waals surface area contributed by atoms with Gasteiger partial charge in [-0.05, 0) is 57.0 Å². The fourth-order valence-corrected chi connectivity index (χ4v) is 5.23. The summed E-state index contributed by atoms with van der Waals surface area (Å²) < 4.78 is 30.5. The van der Waals surface area contributed by atoms with Gasteiger partial charge in [0.2, 0.25) is 0 Å². The molecular weight excluding hydrogens is 527 g/mol. The van der Waals surface area contributed by atoms with Crippen molar-refractivity contribution in [2.45, 2.75) is 33.7 Å². The fraction of sp³-hybridized carbons (Fsp3) is 0.286. The van der Waals surface area contributed by atoms with E-state index in [2.05, 4.69) is 4.98 Å². The van der Waals surface area contributed by atoms with E-state index in [0.29, 0.717) is 34.9 Å². The molecule has 1 atom stereocenters. The number of thiazole rings is 1. The van der Waals surface area contributed by atoms with Gasteiger partial charge < -0.3 is 19.3 Å². The lowest BCUT2D eigenvalue weighted by Crippen LogP contribution is -2.29. The number of esters is 1. The van der Waals surface area contributed by atoms with E-state index in [-0.39, 0.29) is 27.8 Å². The second-order valence-electron chi connectivity index (χ2n) is 8.61. The largest absolute Gasteiger partial charge is 0.507 e. The maximum absolute atomic E-state index is 14.4. The Morgan fingerprint density at radius 2 is 1.85 bits per heavy atom. The molecule has 0 radical (unpaired) electrons. The van der Waals surface area contributed by atoms with Crippen molar-refractivity contribution in [3.63, 3.8) is 0 Å². The van der Waals surface area contributed by atoms with Crippen LogP contribution >= 0.6 is 11.3 Å². The third-order valence-electron chi connectivity index (χ3n) is 6.15. The Labute approximate surface area is 228 Å². The van der Waals surface area contributed by atoms with Crippen molar-refractivity contribution >= 4 is 39.9 Å². The molecule has 11 heteroatoms. The number of nitrogens with zero attached hydrogens (tertiary/aromatic N) is 2. The van der Waals surface area contributed by atoms with Crippen LogP contribution in [0.25, 0.3) is 5.76 Å². The summed E-state index contributed by atoms with van der Waals surface area (Å²) in [7, 11) is 1.45. The number of aryl methyl sites for hydroxylation is 2. The molecule has 1 aliphatic heterocycles. The van der Waals surface area contributed by atoms with Crippen LogP contribution in [0.2, 0.25) is 0 Å². The molecule has 1 N–H and O–H groups in total. The van der Waals surface area contributed by atoms with Gasteiger partial charge in [-0.2, -0.15) is 0 Å². The van der Waals surface area contributed by atoms with Gasteiger partial charge in [0.05, 0.1) is 37.6 Å². The fourth-order valence-electron chi connectivity index (χ4n) is 4.24. The number of rotatable bonds is 8. The van der Waals surface area contributed by atoms with Gasteiger partial charge in [-0.1, -0.05) is 29.5 Å². The number of aliphatic hydroxyl groups excluding tert-OH is 1. The average Bonchev–Trinajstić information content (AvgIpc) is 3.42. The van der Waals surface area contributed by atoms with E-state index in [4.69, 9.17) is 14.2 Å². The third-order valence-corrected chi connectivity index (χ3v) is 7.28. The van der Waals surface area contributed by atoms with Crippen LogP contribution in [0.1, 0.15) is 51.9 Å². The Hall–Kier alpha value is -4.25. The number of benzene rings is 2. The summed E-state index contributed by atoms with van der Waals surface area (Å²) >= 11 is 0.891. The van der Waals surface area contributed by atoms with Gasteiger partial charge in [0.15, 0.2) is 16.6 Å². The summed E-state index contributed by atoms with van der Waals surface area (Å²) in [6.45, 7) is 7.16. The van der Waals surface area contributed by atoms with Crippen molar-refractivity contribution in [2.75, 3.05) is 25.2 Å². The zero-order valence-corrected chi connectivity index (χ0v) is 22.8. The summed E-state index contributed by atoms with van der Waals surface area (Å²) in [5.74, 6) is -2.92. The Morgan fingerprint density at radius 1 is 1.10 bits per heavy atom. The van der Waals surface area contributed by atoms with Gasteiger partial charge in [-0.15, -0.1) is 0 Å². The number of amides is 1. The quantitative estimate of drug-likeness (QED) is 0.177. The molecule has 1 saturated heterocycles. The third kappa shape index (κ3) is 5.09. The monoisotopic (exact) mass is 554 g/mol. The minimum absolute atomic E-state index is 0.0292. The number of halogens is 1. The SMILES string of the molecule is CCOC(=O)c1sc(N2C(=O)C(=O)C(=C(O)c3ccc(C)c(F)c3)[C@H]2c2ccc(OCC)c(OC)c2)nc1C. The number of hydrogen-bond donors (Lipinski definition) is 1. The number of aliphatic hydroxyl groups is 1. The van der Waals surface area contributed by atoms with Crippen molar-refractivity contribution in [3.8, 4) is 11.5 Å². The van der Waals surface area contributed by atoms with E-state index in [1.807, 2.05) is 6.92 Å². The molecule has 2 aromatic carbocycles. The number of anilines is 1. The highest BCUT2D eigenvalue weighted by Crippen LogP contribution is 2.45. The van der Waals surface area contributed by atoms with Gasteiger partial charge in [-0.3, -0.25) is 14.5 Å². The lowest BCUT2D eigenvalue weighted by atomic mass is 9.94. The van der Waals surface area contributed by atoms with Gasteiger partial charge in [0.1, 0.15) is 16.5 Å². The molecule has 9 nitrogen and oxygen atoms in total. The predicted octanol–water partition coefficient (Wildman–Crippen LogP) is 5.11. The maximum Gasteiger partial charge on any atom is 0.350 e. The molecule has 2 heterocycles. The van der Waals surface area contributed by atoms with Crippen LogP contribution in [0, 0.1) is 19.7 Å². The molecule has 1 aromatic heterocycles. The number of carbonyl (C=O) groups is 3. The van der Waals surface area contributed by atoms with Crippen LogP contribution in [-0.2, 0) is 14.3 Å². The molecule has 0 saturated carbocycles. The van der Waals surface area contributed by atoms with Crippen LogP contribution in [0.15, 0.2) is 42.0 Å². The van der Waals surface area contributed by atoms with Gasteiger partial charge in [0.25, 0.3) is 5.78 Å². The van der Waals surface area contributed by atoms with E-state index in [9.17, 15) is 23.9 Å². The highest BCUT2D eigenvalue weighted by molar-refractivity contribution is 7.17. The molecule has 1 fully saturated rings. The molecular formula is C28H27FN2O7S. The van der Waals surface area contributed by atoms with Crippen LogP contribution in [0.5, 0.6) is 11.5 Å². The van der Waals surface area contributed by atoms with E-state index in [1.54, 1.807) is 39.0 Å². The van der Waals surface area contributed by atoms with Crippen LogP contribution < -0.4 is 14.4 Å². The lowest BCUT2D eigenvalue weighted by Gasteiger charge is -2.24. The normalized spacial score (nSPS) is 16.5. The first-order valence-corrected chi connectivity index (χ1v) is 13.0. The van der Waals surface area contributed by atoms with E-state index in [1.165, 1.54) is 19.2 Å². The number of ketones is 1. The first-order chi connectivity index (χ1) is 18.6. The summed E-state index contributed by atoms with van der Waals surface area (Å²) in [5.41, 5.74) is 0.833. The summed E-state index contributed by atoms with van der Waals surface area (Å²) in [6.07, 6.45) is 0. The Kier molecular flexibility index (Phi) is 8.01. The number of carbonyl (C=O) groups excluding carboxylic acids is 3. The molecule has 0 spiro atoms. The first-order valence-electron chi connectivity index (χ1n) is 12.2. The second-order valence-corrected chi connectivity index (χ2v) is 9.59. The number of hydrogen-bond acceptors (Lipinski definition) is 9. The van der Waals surface area contributed by atoms with E-state index in [0.717, 1.165) is 22.3 Å². The van der Waals surface area contributed by atoms with Gasteiger partial charge >= 0.3 is 11.9 Å². The highest BCUT2D eigenvalue weighted by atomic mass is 32.1. The van der Waals surface area contributed by atoms with E-state index < -0.39 is 35.3 Å². The topological polar surface area (TPSA) is 115 Å². The van der Waals surface area contributed by atoms with Crippen molar-refractivity contribution in [1.29, 1.82) is 0 Å². The van der Waals surface area contributed by atoms with E-state index >= 15 is 0 Å². The van der Waals surface area contributed by atoms with Crippen molar-refractivity contribution in [1.82, 2.24) is 4.98 Å². The zero-order valence-electron chi connectivity index (χ0n) is 22.0. The molecule has 0 unspecified atom stereocenters. The first kappa shape index (κ1) is 27.8. The molecule has 0 aliphatic carbocycles. The minimum atomic E-state index is -1.17. The summed E-state index contributed by atoms with van der Waals surface area (Å²) in [4.78, 5) is 45.0. The standard InChI is InChI=1S/C28H27FN2O7S/c1-6-37-19-11-10-16(13-20(19)36-5)22-21(23(32)17-9-8-14(3)18(29)12-17)24(33)26(34)31(22)28-30-15(4)25(39-28)27(35)38-7-2/h8-13,22,32H,6-7H2,1-5H3/t22-/m1/s1. The lowest BCUT2D eigenvalue weighted by molar-refractivity contribution is -0.132. The van der Waals surface area contributed by atoms with Gasteiger partial charge in [-0.25, -0.2) is 14.2 Å². The number of ether oxygens (including phenoxy) is 3. The maximum atomic E-state index is 14.4. The molecule has 204 valence electrons. The molecule has 3 aromatic rings. The summed E-state index contributed by atoms with van der Waals surface area (Å²) in [5, 5.41) is 11.3. The average molecular weight is 555 g/mol. The number of methoxy groups -OCH3 is 1. The van der Waals surface area contributed by atoms with Crippen LogP contribution in [0.3, 0.4) is 0 Å². The minimum Gasteiger partial charge on any atom is -0.507 e. The zero-order chi connectivity index (χ0) is 28.4. The van der Waals surface area contributed by atoms with Crippen molar-refractivity contribution < 1.29 is 38.1 Å². The molecule has 4 rings (SSSR count). The Morgan fingerprint density at radius 3 is 2.49 bits per heavy atom. The Balaban J connectivity index is 1.95. The predicted molar refractivity (Wildman–Crippen MR) is 143 cm³/mol. The Bertz CT molecular complexity index is 1500. The number of aromatic nitrogens is 1. The van der Waals surface area contributed by atoms with Gasteiger partial charge in [0, 0.05) is 5.56 Å². The molecule has 39 heavy (non-hydrogen) atoms. The van der Waals surface area contributed by atoms with Crippen LogP contribution in [-0.4, -0.2) is 48.1 Å². The number of Topliss-reactive ketones (excluding diaryl/α,β-unsaturated/α-hetero) is 1. The molecule has 1 amide bonds. The highest BCUT2D eigenvalue weighted by Gasteiger charge is 2.48. The van der Waals surface area contributed by atoms with Crippen molar-refractivity contribution in [2.24, 2.45) is 0 Å². The molecule has 1 aliphatic rings. The van der Waals surface area contributed by atoms with Crippen molar-refractivity contribution in [3.05, 3.63) is 75.0 Å². The molecule has 0 bridgehead atoms. The smallest absolute Gasteiger partial charge is 0.350 e. The second kappa shape index (κ2) is 11.2.